The van der Waals surface area contributed by atoms with Gasteiger partial charge < -0.3 is 9.88 Å². The summed E-state index contributed by atoms with van der Waals surface area (Å²) in [5.74, 6) is 0.157. The predicted molar refractivity (Wildman–Crippen MR) is 115 cm³/mol. The number of hydrogen-bond donors (Lipinski definition) is 1. The van der Waals surface area contributed by atoms with Gasteiger partial charge >= 0.3 is 5.69 Å². The van der Waals surface area contributed by atoms with E-state index in [1.165, 1.54) is 5.39 Å². The molecule has 1 aromatic heterocycles. The summed E-state index contributed by atoms with van der Waals surface area (Å²) < 4.78 is 1.86. The number of imidazole rings is 1. The van der Waals surface area contributed by atoms with Gasteiger partial charge in [0, 0.05) is 19.1 Å². The number of carbonyl (C=O) groups is 1. The number of benzene rings is 3. The van der Waals surface area contributed by atoms with Crippen molar-refractivity contribution in [2.45, 2.75) is 25.3 Å². The molecule has 29 heavy (non-hydrogen) atoms. The Morgan fingerprint density at radius 2 is 1.66 bits per heavy atom. The number of para-hydroxylation sites is 2. The third kappa shape index (κ3) is 3.33. The maximum Gasteiger partial charge on any atom is 0.326 e. The summed E-state index contributed by atoms with van der Waals surface area (Å²) in [5.41, 5.74) is 2.79. The lowest BCUT2D eigenvalue weighted by molar-refractivity contribution is -0.131. The van der Waals surface area contributed by atoms with E-state index in [9.17, 15) is 9.59 Å². The van der Waals surface area contributed by atoms with E-state index in [2.05, 4.69) is 29.2 Å². The van der Waals surface area contributed by atoms with Crippen molar-refractivity contribution < 1.29 is 4.79 Å². The normalized spacial score (nSPS) is 15.2. The lowest BCUT2D eigenvalue weighted by Gasteiger charge is -2.32. The Morgan fingerprint density at radius 3 is 2.48 bits per heavy atom. The lowest BCUT2D eigenvalue weighted by atomic mass is 10.0. The van der Waals surface area contributed by atoms with Gasteiger partial charge in [0.05, 0.1) is 17.5 Å². The highest BCUT2D eigenvalue weighted by atomic mass is 16.2. The number of rotatable bonds is 3. The molecular formula is C24H23N3O2. The minimum Gasteiger partial charge on any atom is -0.342 e. The van der Waals surface area contributed by atoms with Crippen molar-refractivity contribution >= 4 is 27.7 Å². The summed E-state index contributed by atoms with van der Waals surface area (Å²) in [6.45, 7) is 1.37. The molecule has 0 atom stereocenters. The molecule has 5 rings (SSSR count). The van der Waals surface area contributed by atoms with Gasteiger partial charge in [0.25, 0.3) is 0 Å². The molecule has 2 heterocycles. The summed E-state index contributed by atoms with van der Waals surface area (Å²) in [4.78, 5) is 30.1. The van der Waals surface area contributed by atoms with E-state index < -0.39 is 0 Å². The molecule has 5 heteroatoms. The number of likely N-dealkylation sites (tertiary alicyclic amines) is 1. The van der Waals surface area contributed by atoms with E-state index in [0.29, 0.717) is 19.5 Å². The molecule has 4 aromatic rings. The van der Waals surface area contributed by atoms with Crippen molar-refractivity contribution in [3.05, 3.63) is 82.8 Å². The van der Waals surface area contributed by atoms with Crippen LogP contribution in [-0.4, -0.2) is 33.4 Å². The molecule has 0 spiro atoms. The van der Waals surface area contributed by atoms with Crippen LogP contribution in [-0.2, 0) is 11.2 Å². The van der Waals surface area contributed by atoms with Crippen molar-refractivity contribution in [2.75, 3.05) is 13.1 Å². The van der Waals surface area contributed by atoms with Crippen LogP contribution in [0.2, 0.25) is 0 Å². The summed E-state index contributed by atoms with van der Waals surface area (Å²) in [5, 5.41) is 2.35. The minimum atomic E-state index is -0.0628. The minimum absolute atomic E-state index is 0.0628. The standard InChI is InChI=1S/C24H23N3O2/c28-23(16-17-9-10-18-5-1-2-6-19(18)15-17)26-13-11-20(12-14-26)27-22-8-4-3-7-21(22)25-24(27)29/h1-10,15,20H,11-14,16H2,(H,25,29). The molecule has 0 radical (unpaired) electrons. The van der Waals surface area contributed by atoms with Gasteiger partial charge in [-0.2, -0.15) is 0 Å². The second-order valence-corrected chi connectivity index (χ2v) is 7.79. The molecule has 0 unspecified atom stereocenters. The second-order valence-electron chi connectivity index (χ2n) is 7.79. The first kappa shape index (κ1) is 17.7. The zero-order chi connectivity index (χ0) is 19.8. The first-order chi connectivity index (χ1) is 14.2. The summed E-state index contributed by atoms with van der Waals surface area (Å²) in [6.07, 6.45) is 2.01. The van der Waals surface area contributed by atoms with Crippen molar-refractivity contribution in [1.82, 2.24) is 14.5 Å². The average molecular weight is 385 g/mol. The van der Waals surface area contributed by atoms with Crippen LogP contribution in [0.15, 0.2) is 71.5 Å². The van der Waals surface area contributed by atoms with Crippen LogP contribution in [0.5, 0.6) is 0 Å². The van der Waals surface area contributed by atoms with Crippen molar-refractivity contribution in [3.8, 4) is 0 Å². The summed E-state index contributed by atoms with van der Waals surface area (Å²) in [6, 6.07) is 22.3. The number of fused-ring (bicyclic) bond motifs is 2. The first-order valence-electron chi connectivity index (χ1n) is 10.1. The summed E-state index contributed by atoms with van der Waals surface area (Å²) in [7, 11) is 0. The highest BCUT2D eigenvalue weighted by Crippen LogP contribution is 2.25. The van der Waals surface area contributed by atoms with Gasteiger partial charge in [-0.05, 0) is 41.3 Å². The number of aromatic nitrogens is 2. The van der Waals surface area contributed by atoms with Gasteiger partial charge in [0.15, 0.2) is 0 Å². The van der Waals surface area contributed by atoms with E-state index in [0.717, 1.165) is 34.8 Å². The number of piperidine rings is 1. The number of hydrogen-bond acceptors (Lipinski definition) is 2. The molecule has 1 amide bonds. The molecule has 0 bridgehead atoms. The van der Waals surface area contributed by atoms with Gasteiger partial charge in [-0.1, -0.05) is 54.6 Å². The molecule has 1 aliphatic heterocycles. The average Bonchev–Trinajstić information content (AvgIpc) is 3.09. The molecule has 1 N–H and O–H groups in total. The van der Waals surface area contributed by atoms with Gasteiger partial charge in [0.1, 0.15) is 0 Å². The third-order valence-corrected chi connectivity index (χ3v) is 5.98. The van der Waals surface area contributed by atoms with Crippen LogP contribution < -0.4 is 5.69 Å². The number of aromatic amines is 1. The number of H-pyrrole nitrogens is 1. The van der Waals surface area contributed by atoms with E-state index in [-0.39, 0.29) is 17.6 Å². The number of nitrogens with zero attached hydrogens (tertiary/aromatic N) is 2. The number of carbonyl (C=O) groups excluding carboxylic acids is 1. The zero-order valence-corrected chi connectivity index (χ0v) is 16.2. The largest absolute Gasteiger partial charge is 0.342 e. The molecule has 1 aliphatic rings. The fourth-order valence-electron chi connectivity index (χ4n) is 4.45. The van der Waals surface area contributed by atoms with Crippen LogP contribution in [0.1, 0.15) is 24.4 Å². The van der Waals surface area contributed by atoms with E-state index in [1.807, 2.05) is 51.9 Å². The van der Waals surface area contributed by atoms with Crippen LogP contribution in [0.4, 0.5) is 0 Å². The Labute approximate surface area is 168 Å². The van der Waals surface area contributed by atoms with Gasteiger partial charge in [-0.25, -0.2) is 4.79 Å². The predicted octanol–water partition coefficient (Wildman–Crippen LogP) is 3.89. The highest BCUT2D eigenvalue weighted by Gasteiger charge is 2.26. The van der Waals surface area contributed by atoms with Crippen LogP contribution in [0.25, 0.3) is 21.8 Å². The Kier molecular flexibility index (Phi) is 4.43. The number of nitrogens with one attached hydrogen (secondary N) is 1. The molecule has 3 aromatic carbocycles. The smallest absolute Gasteiger partial charge is 0.326 e. The molecule has 0 saturated carbocycles. The maximum atomic E-state index is 12.8. The fourth-order valence-corrected chi connectivity index (χ4v) is 4.45. The third-order valence-electron chi connectivity index (χ3n) is 5.98. The highest BCUT2D eigenvalue weighted by molar-refractivity contribution is 5.85. The zero-order valence-electron chi connectivity index (χ0n) is 16.2. The molecule has 5 nitrogen and oxygen atoms in total. The van der Waals surface area contributed by atoms with Crippen LogP contribution >= 0.6 is 0 Å². The Morgan fingerprint density at radius 1 is 0.931 bits per heavy atom. The SMILES string of the molecule is O=C(Cc1ccc2ccccc2c1)N1CCC(n2c(=O)[nH]c3ccccc32)CC1. The van der Waals surface area contributed by atoms with Gasteiger partial charge in [-0.15, -0.1) is 0 Å². The molecule has 146 valence electrons. The van der Waals surface area contributed by atoms with Gasteiger partial charge in [-0.3, -0.25) is 9.36 Å². The van der Waals surface area contributed by atoms with E-state index in [4.69, 9.17) is 0 Å². The van der Waals surface area contributed by atoms with Crippen LogP contribution in [0.3, 0.4) is 0 Å². The quantitative estimate of drug-likeness (QED) is 0.582. The van der Waals surface area contributed by atoms with E-state index >= 15 is 0 Å². The molecule has 1 fully saturated rings. The molecule has 0 aliphatic carbocycles. The van der Waals surface area contributed by atoms with Crippen molar-refractivity contribution in [2.24, 2.45) is 0 Å². The first-order valence-corrected chi connectivity index (χ1v) is 10.1. The number of amides is 1. The molecular weight excluding hydrogens is 362 g/mol. The van der Waals surface area contributed by atoms with Crippen molar-refractivity contribution in [3.63, 3.8) is 0 Å². The summed E-state index contributed by atoms with van der Waals surface area (Å²) >= 11 is 0. The van der Waals surface area contributed by atoms with Crippen LogP contribution in [0, 0.1) is 0 Å². The second kappa shape index (κ2) is 7.24. The Balaban J connectivity index is 1.28. The van der Waals surface area contributed by atoms with E-state index in [1.54, 1.807) is 0 Å². The van der Waals surface area contributed by atoms with Gasteiger partial charge in [0.2, 0.25) is 5.91 Å². The lowest BCUT2D eigenvalue weighted by Crippen LogP contribution is -2.41. The fraction of sp³-hybridized carbons (Fsp3) is 0.250. The van der Waals surface area contributed by atoms with Crippen molar-refractivity contribution in [1.29, 1.82) is 0 Å². The molecule has 1 saturated heterocycles. The topological polar surface area (TPSA) is 58.1 Å². The Hall–Kier alpha value is -3.34. The monoisotopic (exact) mass is 385 g/mol. The Bertz CT molecular complexity index is 1250. The maximum absolute atomic E-state index is 12.8.